The van der Waals surface area contributed by atoms with E-state index in [1.165, 1.54) is 6.07 Å². The van der Waals surface area contributed by atoms with Gasteiger partial charge in [0.25, 0.3) is 5.56 Å². The maximum atomic E-state index is 14.0. The summed E-state index contributed by atoms with van der Waals surface area (Å²) in [5.74, 6) is -0.723. The van der Waals surface area contributed by atoms with Gasteiger partial charge in [0.05, 0.1) is 12.1 Å². The molecule has 2 aromatic carbocycles. The second kappa shape index (κ2) is 5.89. The molecule has 0 saturated carbocycles. The van der Waals surface area contributed by atoms with E-state index in [1.54, 1.807) is 30.3 Å². The van der Waals surface area contributed by atoms with Crippen molar-refractivity contribution in [2.75, 3.05) is 10.6 Å². The number of aromatic nitrogens is 1. The summed E-state index contributed by atoms with van der Waals surface area (Å²) < 4.78 is 14.0. The van der Waals surface area contributed by atoms with Crippen LogP contribution in [0.15, 0.2) is 41.2 Å². The highest BCUT2D eigenvalue weighted by Crippen LogP contribution is 2.29. The number of hydrogen-bond donors (Lipinski definition) is 3. The van der Waals surface area contributed by atoms with Crippen molar-refractivity contribution in [3.63, 3.8) is 0 Å². The van der Waals surface area contributed by atoms with Crippen molar-refractivity contribution < 1.29 is 9.18 Å². The first-order valence-electron chi connectivity index (χ1n) is 7.67. The molecule has 1 amide bonds. The van der Waals surface area contributed by atoms with Gasteiger partial charge in [0.15, 0.2) is 0 Å². The fourth-order valence-electron chi connectivity index (χ4n) is 2.95. The van der Waals surface area contributed by atoms with Crippen molar-refractivity contribution >= 4 is 39.8 Å². The first-order valence-corrected chi connectivity index (χ1v) is 8.05. The zero-order valence-electron chi connectivity index (χ0n) is 13.0. The summed E-state index contributed by atoms with van der Waals surface area (Å²) in [5.41, 5.74) is 2.33. The predicted octanol–water partition coefficient (Wildman–Crippen LogP) is 3.43. The largest absolute Gasteiger partial charge is 0.381 e. The number of halogens is 2. The number of amides is 1. The molecule has 0 saturated heterocycles. The van der Waals surface area contributed by atoms with E-state index in [0.717, 1.165) is 5.39 Å². The molecule has 25 heavy (non-hydrogen) atoms. The lowest BCUT2D eigenvalue weighted by Gasteiger charge is -2.09. The van der Waals surface area contributed by atoms with Gasteiger partial charge < -0.3 is 15.6 Å². The van der Waals surface area contributed by atoms with Crippen LogP contribution in [0.3, 0.4) is 0 Å². The number of rotatable bonds is 3. The van der Waals surface area contributed by atoms with Crippen LogP contribution in [-0.2, 0) is 17.8 Å². The van der Waals surface area contributed by atoms with Crippen molar-refractivity contribution in [3.05, 3.63) is 68.7 Å². The average molecular weight is 358 g/mol. The Balaban J connectivity index is 1.62. The molecule has 1 aliphatic heterocycles. The predicted molar refractivity (Wildman–Crippen MR) is 95.6 cm³/mol. The summed E-state index contributed by atoms with van der Waals surface area (Å²) in [6.45, 7) is 0.220. The third-order valence-electron chi connectivity index (χ3n) is 4.15. The van der Waals surface area contributed by atoms with Gasteiger partial charge in [-0.15, -0.1) is 0 Å². The smallest absolute Gasteiger partial charge is 0.253 e. The number of carbonyl (C=O) groups is 1. The van der Waals surface area contributed by atoms with Crippen LogP contribution in [0.5, 0.6) is 0 Å². The van der Waals surface area contributed by atoms with E-state index in [2.05, 4.69) is 15.6 Å². The monoisotopic (exact) mass is 357 g/mol. The van der Waals surface area contributed by atoms with Gasteiger partial charge in [0.1, 0.15) is 5.82 Å². The number of anilines is 2. The molecular formula is C18H13ClFN3O2. The van der Waals surface area contributed by atoms with Crippen LogP contribution in [0, 0.1) is 5.82 Å². The SMILES string of the molecule is O=C1Cc2cc(NCc3cc4cc(Cl)ccc4[nH]c3=O)cc(F)c2N1. The van der Waals surface area contributed by atoms with Gasteiger partial charge in [-0.05, 0) is 42.0 Å². The van der Waals surface area contributed by atoms with E-state index >= 15 is 0 Å². The van der Waals surface area contributed by atoms with Crippen molar-refractivity contribution in [1.29, 1.82) is 0 Å². The topological polar surface area (TPSA) is 74.0 Å². The average Bonchev–Trinajstić information content (AvgIpc) is 2.94. The number of fused-ring (bicyclic) bond motifs is 2. The Morgan fingerprint density at radius 2 is 2.00 bits per heavy atom. The molecule has 1 aliphatic rings. The third-order valence-corrected chi connectivity index (χ3v) is 4.39. The van der Waals surface area contributed by atoms with Crippen LogP contribution in [0.1, 0.15) is 11.1 Å². The standard InChI is InChI=1S/C18H13ClFN3O2/c19-12-1-2-15-9(4-12)3-11(18(25)22-15)8-21-13-5-10-6-16(24)23-17(10)14(20)7-13/h1-5,7,21H,6,8H2,(H,22,25)(H,23,24). The van der Waals surface area contributed by atoms with Crippen LogP contribution in [0.25, 0.3) is 10.9 Å². The Bertz CT molecular complexity index is 1080. The molecule has 7 heteroatoms. The van der Waals surface area contributed by atoms with Crippen molar-refractivity contribution in [2.24, 2.45) is 0 Å². The van der Waals surface area contributed by atoms with Crippen molar-refractivity contribution in [2.45, 2.75) is 13.0 Å². The van der Waals surface area contributed by atoms with Crippen LogP contribution in [-0.4, -0.2) is 10.9 Å². The molecule has 0 spiro atoms. The fraction of sp³-hybridized carbons (Fsp3) is 0.111. The Kier molecular flexibility index (Phi) is 3.69. The summed E-state index contributed by atoms with van der Waals surface area (Å²) >= 11 is 5.98. The number of benzene rings is 2. The molecule has 0 radical (unpaired) electrons. The van der Waals surface area contributed by atoms with E-state index in [0.29, 0.717) is 27.4 Å². The molecule has 2 heterocycles. The number of H-pyrrole nitrogens is 1. The number of carbonyl (C=O) groups excluding carboxylic acids is 1. The van der Waals surface area contributed by atoms with E-state index in [1.807, 2.05) is 0 Å². The van der Waals surface area contributed by atoms with Gasteiger partial charge in [-0.3, -0.25) is 9.59 Å². The Morgan fingerprint density at radius 3 is 2.84 bits per heavy atom. The van der Waals surface area contributed by atoms with Crippen molar-refractivity contribution in [1.82, 2.24) is 4.98 Å². The van der Waals surface area contributed by atoms with E-state index in [4.69, 9.17) is 11.6 Å². The molecule has 5 nitrogen and oxygen atoms in total. The van der Waals surface area contributed by atoms with Crippen LogP contribution >= 0.6 is 11.6 Å². The molecule has 126 valence electrons. The molecular weight excluding hydrogens is 345 g/mol. The molecule has 0 unspecified atom stereocenters. The van der Waals surface area contributed by atoms with Crippen LogP contribution < -0.4 is 16.2 Å². The van der Waals surface area contributed by atoms with Crippen molar-refractivity contribution in [3.8, 4) is 0 Å². The van der Waals surface area contributed by atoms with E-state index in [-0.39, 0.29) is 30.1 Å². The van der Waals surface area contributed by atoms with Gasteiger partial charge in [-0.25, -0.2) is 4.39 Å². The molecule has 0 bridgehead atoms. The minimum Gasteiger partial charge on any atom is -0.381 e. The highest BCUT2D eigenvalue weighted by molar-refractivity contribution is 6.31. The fourth-order valence-corrected chi connectivity index (χ4v) is 3.13. The molecule has 0 atom stereocenters. The van der Waals surface area contributed by atoms with E-state index in [9.17, 15) is 14.0 Å². The Morgan fingerprint density at radius 1 is 1.16 bits per heavy atom. The van der Waals surface area contributed by atoms with Crippen LogP contribution in [0.4, 0.5) is 15.8 Å². The van der Waals surface area contributed by atoms with Gasteiger partial charge >= 0.3 is 0 Å². The van der Waals surface area contributed by atoms with Gasteiger partial charge in [0.2, 0.25) is 5.91 Å². The zero-order chi connectivity index (χ0) is 17.6. The first-order chi connectivity index (χ1) is 12.0. The molecule has 0 aliphatic carbocycles. The molecule has 4 rings (SSSR count). The van der Waals surface area contributed by atoms with Gasteiger partial charge in [0, 0.05) is 33.7 Å². The minimum atomic E-state index is -0.495. The van der Waals surface area contributed by atoms with Gasteiger partial charge in [-0.2, -0.15) is 0 Å². The second-order valence-electron chi connectivity index (χ2n) is 5.93. The quantitative estimate of drug-likeness (QED) is 0.672. The minimum absolute atomic E-state index is 0.150. The Hall–Kier alpha value is -2.86. The summed E-state index contributed by atoms with van der Waals surface area (Å²) in [7, 11) is 0. The lowest BCUT2D eigenvalue weighted by atomic mass is 10.1. The molecule has 1 aromatic heterocycles. The second-order valence-corrected chi connectivity index (χ2v) is 6.36. The van der Waals surface area contributed by atoms with Gasteiger partial charge in [-0.1, -0.05) is 11.6 Å². The summed E-state index contributed by atoms with van der Waals surface area (Å²) in [6.07, 6.45) is 0.150. The maximum absolute atomic E-state index is 14.0. The first kappa shape index (κ1) is 15.7. The normalized spacial score (nSPS) is 13.0. The maximum Gasteiger partial charge on any atom is 0.253 e. The number of pyridine rings is 1. The lowest BCUT2D eigenvalue weighted by molar-refractivity contribution is -0.115. The molecule has 0 fully saturated rings. The Labute approximate surface area is 146 Å². The summed E-state index contributed by atoms with van der Waals surface area (Å²) in [4.78, 5) is 26.4. The van der Waals surface area contributed by atoms with E-state index < -0.39 is 5.82 Å². The molecule has 3 N–H and O–H groups in total. The summed E-state index contributed by atoms with van der Waals surface area (Å²) in [5, 5.41) is 6.92. The highest BCUT2D eigenvalue weighted by atomic mass is 35.5. The number of aromatic amines is 1. The zero-order valence-corrected chi connectivity index (χ0v) is 13.7. The highest BCUT2D eigenvalue weighted by Gasteiger charge is 2.22. The third kappa shape index (κ3) is 2.96. The van der Waals surface area contributed by atoms with Crippen LogP contribution in [0.2, 0.25) is 5.02 Å². The summed E-state index contributed by atoms with van der Waals surface area (Å²) in [6, 6.07) is 9.99. The number of nitrogens with one attached hydrogen (secondary N) is 3. The molecule has 3 aromatic rings. The number of hydrogen-bond acceptors (Lipinski definition) is 3. The lowest BCUT2D eigenvalue weighted by Crippen LogP contribution is -2.15.